The van der Waals surface area contributed by atoms with Crippen LogP contribution in [0.15, 0.2) is 33.0 Å². The molecule has 0 saturated heterocycles. The van der Waals surface area contributed by atoms with Gasteiger partial charge in [-0.15, -0.1) is 35.3 Å². The van der Waals surface area contributed by atoms with Gasteiger partial charge in [0, 0.05) is 37.6 Å². The molecule has 3 rings (SSSR count). The molecule has 0 spiro atoms. The third-order valence-electron chi connectivity index (χ3n) is 4.77. The van der Waals surface area contributed by atoms with Crippen LogP contribution in [0.1, 0.15) is 35.8 Å². The Morgan fingerprint density at radius 1 is 1.36 bits per heavy atom. The minimum absolute atomic E-state index is 0. The summed E-state index contributed by atoms with van der Waals surface area (Å²) < 4.78 is 5.56. The van der Waals surface area contributed by atoms with Crippen LogP contribution in [0.5, 0.6) is 0 Å². The van der Waals surface area contributed by atoms with Gasteiger partial charge in [-0.05, 0) is 56.3 Å². The lowest BCUT2D eigenvalue weighted by atomic mass is 10.0. The van der Waals surface area contributed by atoms with E-state index in [2.05, 4.69) is 32.0 Å². The van der Waals surface area contributed by atoms with Crippen molar-refractivity contribution >= 4 is 41.3 Å². The van der Waals surface area contributed by atoms with Crippen LogP contribution in [0, 0.1) is 6.92 Å². The fourth-order valence-electron chi connectivity index (χ4n) is 3.21. The van der Waals surface area contributed by atoms with E-state index in [0.717, 1.165) is 44.9 Å². The zero-order valence-electron chi connectivity index (χ0n) is 16.8. The number of hydrogen-bond acceptors (Lipinski definition) is 5. The van der Waals surface area contributed by atoms with Crippen LogP contribution in [-0.4, -0.2) is 48.7 Å². The van der Waals surface area contributed by atoms with Crippen molar-refractivity contribution in [3.63, 3.8) is 0 Å². The molecule has 2 aromatic rings. The Morgan fingerprint density at radius 3 is 2.89 bits per heavy atom. The highest BCUT2D eigenvalue weighted by Crippen LogP contribution is 2.24. The average Bonchev–Trinajstić information content (AvgIpc) is 3.28. The molecule has 0 amide bonds. The van der Waals surface area contributed by atoms with Crippen molar-refractivity contribution in [3.8, 4) is 0 Å². The van der Waals surface area contributed by atoms with Crippen molar-refractivity contribution in [2.24, 2.45) is 4.99 Å². The highest BCUT2D eigenvalue weighted by molar-refractivity contribution is 14.0. The molecule has 0 radical (unpaired) electrons. The second kappa shape index (κ2) is 10.6. The zero-order chi connectivity index (χ0) is 19.3. The van der Waals surface area contributed by atoms with E-state index < -0.39 is 5.60 Å². The number of aliphatic imine (C=N–C) groups is 1. The first-order chi connectivity index (χ1) is 13.0. The van der Waals surface area contributed by atoms with Gasteiger partial charge in [-0.25, -0.2) is 4.99 Å². The van der Waals surface area contributed by atoms with Crippen molar-refractivity contribution in [2.45, 2.75) is 39.3 Å². The number of nitrogens with one attached hydrogen (secondary N) is 2. The van der Waals surface area contributed by atoms with Crippen LogP contribution in [0.2, 0.25) is 0 Å². The van der Waals surface area contributed by atoms with E-state index >= 15 is 0 Å². The number of rotatable bonds is 7. The van der Waals surface area contributed by atoms with E-state index in [1.165, 1.54) is 10.4 Å². The van der Waals surface area contributed by atoms with Gasteiger partial charge in [0.25, 0.3) is 0 Å². The van der Waals surface area contributed by atoms with Crippen LogP contribution in [0.3, 0.4) is 0 Å². The predicted molar refractivity (Wildman–Crippen MR) is 126 cm³/mol. The van der Waals surface area contributed by atoms with Crippen LogP contribution >= 0.6 is 35.3 Å². The summed E-state index contributed by atoms with van der Waals surface area (Å²) in [6.07, 6.45) is 1.15. The fraction of sp³-hybridized carbons (Fsp3) is 0.550. The number of guanidine groups is 1. The van der Waals surface area contributed by atoms with Crippen molar-refractivity contribution in [1.29, 1.82) is 0 Å². The number of aryl methyl sites for hydroxylation is 1. The summed E-state index contributed by atoms with van der Waals surface area (Å²) in [6, 6.07) is 5.90. The first-order valence-corrected chi connectivity index (χ1v) is 10.4. The molecule has 156 valence electrons. The maximum absolute atomic E-state index is 10.7. The minimum atomic E-state index is -1.13. The van der Waals surface area contributed by atoms with Gasteiger partial charge in [-0.2, -0.15) is 0 Å². The van der Waals surface area contributed by atoms with E-state index in [1.54, 1.807) is 13.0 Å². The lowest BCUT2D eigenvalue weighted by molar-refractivity contribution is 0.0428. The maximum atomic E-state index is 10.7. The number of halogens is 1. The third kappa shape index (κ3) is 6.20. The summed E-state index contributed by atoms with van der Waals surface area (Å²) in [5.74, 6) is 2.04. The molecule has 1 unspecified atom stereocenters. The van der Waals surface area contributed by atoms with Crippen LogP contribution < -0.4 is 10.6 Å². The highest BCUT2D eigenvalue weighted by Gasteiger charge is 2.26. The highest BCUT2D eigenvalue weighted by atomic mass is 127. The summed E-state index contributed by atoms with van der Waals surface area (Å²) in [5, 5.41) is 19.5. The number of thiophene rings is 1. The molecule has 6 nitrogen and oxygen atoms in total. The Labute approximate surface area is 188 Å². The first-order valence-electron chi connectivity index (χ1n) is 9.57. The second-order valence-electron chi connectivity index (χ2n) is 7.20. The Bertz CT molecular complexity index is 772. The molecule has 1 aliphatic rings. The molecular formula is C20H31IN4O2S. The number of hydrogen-bond donors (Lipinski definition) is 3. The van der Waals surface area contributed by atoms with Crippen molar-refractivity contribution in [1.82, 2.24) is 15.5 Å². The van der Waals surface area contributed by atoms with Crippen molar-refractivity contribution in [2.75, 3.05) is 32.7 Å². The van der Waals surface area contributed by atoms with E-state index in [1.807, 2.05) is 31.3 Å². The minimum Gasteiger partial charge on any atom is -0.463 e. The lowest BCUT2D eigenvalue weighted by Crippen LogP contribution is -2.43. The molecule has 1 aliphatic heterocycles. The molecule has 1 atom stereocenters. The number of fused-ring (bicyclic) bond motifs is 1. The van der Waals surface area contributed by atoms with Gasteiger partial charge in [0.2, 0.25) is 0 Å². The average molecular weight is 518 g/mol. The van der Waals surface area contributed by atoms with Gasteiger partial charge in [-0.1, -0.05) is 0 Å². The zero-order valence-corrected chi connectivity index (χ0v) is 20.0. The van der Waals surface area contributed by atoms with Gasteiger partial charge in [0.05, 0.1) is 6.54 Å². The van der Waals surface area contributed by atoms with E-state index in [4.69, 9.17) is 4.42 Å². The summed E-state index contributed by atoms with van der Waals surface area (Å²) in [4.78, 5) is 8.55. The number of aliphatic hydroxyl groups is 1. The van der Waals surface area contributed by atoms with Gasteiger partial charge in [0.1, 0.15) is 17.1 Å². The Morgan fingerprint density at radius 2 is 2.18 bits per heavy atom. The Balaban J connectivity index is 0.00000280. The van der Waals surface area contributed by atoms with E-state index in [-0.39, 0.29) is 30.5 Å². The number of nitrogens with zero attached hydrogens (tertiary/aromatic N) is 2. The van der Waals surface area contributed by atoms with Gasteiger partial charge in [0.15, 0.2) is 5.96 Å². The molecule has 0 fully saturated rings. The molecule has 8 heteroatoms. The first kappa shape index (κ1) is 23.2. The molecule has 2 aromatic heterocycles. The molecule has 0 aromatic carbocycles. The molecule has 0 saturated carbocycles. The summed E-state index contributed by atoms with van der Waals surface area (Å²) >= 11 is 1.87. The van der Waals surface area contributed by atoms with Crippen LogP contribution in [-0.2, 0) is 18.6 Å². The second-order valence-corrected chi connectivity index (χ2v) is 8.20. The SMILES string of the molecule is CCNC(=NCC(C)(O)c1ccc(C)o1)NCCN1CCc2sccc2C1.I. The Hall–Kier alpha value is -1.10. The summed E-state index contributed by atoms with van der Waals surface area (Å²) in [6.45, 7) is 10.6. The van der Waals surface area contributed by atoms with E-state index in [9.17, 15) is 5.11 Å². The maximum Gasteiger partial charge on any atom is 0.191 e. The van der Waals surface area contributed by atoms with E-state index in [0.29, 0.717) is 11.7 Å². The molecule has 0 bridgehead atoms. The van der Waals surface area contributed by atoms with Crippen LogP contribution in [0.4, 0.5) is 0 Å². The molecular weight excluding hydrogens is 487 g/mol. The largest absolute Gasteiger partial charge is 0.463 e. The quantitative estimate of drug-likeness (QED) is 0.299. The topological polar surface area (TPSA) is 73.0 Å². The van der Waals surface area contributed by atoms with Crippen molar-refractivity contribution in [3.05, 3.63) is 45.5 Å². The standard InChI is InChI=1S/C20H30N4O2S.HI/c1-4-21-19(23-14-20(3,25)18-6-5-15(2)26-18)22-9-11-24-10-7-17-16(13-24)8-12-27-17;/h5-6,8,12,25H,4,7,9-11,13-14H2,1-3H3,(H2,21,22,23);1H. The molecule has 3 N–H and O–H groups in total. The third-order valence-corrected chi connectivity index (χ3v) is 5.79. The summed E-state index contributed by atoms with van der Waals surface area (Å²) in [5.41, 5.74) is 0.343. The monoisotopic (exact) mass is 518 g/mol. The summed E-state index contributed by atoms with van der Waals surface area (Å²) in [7, 11) is 0. The van der Waals surface area contributed by atoms with Crippen molar-refractivity contribution < 1.29 is 9.52 Å². The normalized spacial score (nSPS) is 16.8. The van der Waals surface area contributed by atoms with Gasteiger partial charge in [-0.3, -0.25) is 4.90 Å². The smallest absolute Gasteiger partial charge is 0.191 e. The molecule has 3 heterocycles. The molecule has 0 aliphatic carbocycles. The van der Waals surface area contributed by atoms with Gasteiger partial charge >= 0.3 is 0 Å². The Kier molecular flexibility index (Phi) is 8.79. The fourth-order valence-corrected chi connectivity index (χ4v) is 4.10. The predicted octanol–water partition coefficient (Wildman–Crippen LogP) is 3.09. The number of furan rings is 1. The van der Waals surface area contributed by atoms with Crippen LogP contribution in [0.25, 0.3) is 0 Å². The van der Waals surface area contributed by atoms with Gasteiger partial charge < -0.3 is 20.2 Å². The lowest BCUT2D eigenvalue weighted by Gasteiger charge is -2.27. The molecule has 28 heavy (non-hydrogen) atoms.